The van der Waals surface area contributed by atoms with E-state index in [0.717, 1.165) is 16.5 Å². The Bertz CT molecular complexity index is 487. The zero-order chi connectivity index (χ0) is 10.8. The SMILES string of the molecule is CNC(=O)C(C)c1c[nH]c2ccccc12. The Kier molecular flexibility index (Phi) is 2.46. The molecule has 1 amide bonds. The van der Waals surface area contributed by atoms with Gasteiger partial charge in [-0.15, -0.1) is 0 Å². The molecule has 0 aliphatic carbocycles. The molecule has 0 fully saturated rings. The van der Waals surface area contributed by atoms with E-state index in [1.807, 2.05) is 37.4 Å². The first-order valence-corrected chi connectivity index (χ1v) is 5.01. The lowest BCUT2D eigenvalue weighted by atomic mass is 10.00. The molecule has 1 aromatic carbocycles. The van der Waals surface area contributed by atoms with Crippen LogP contribution in [0.3, 0.4) is 0 Å². The monoisotopic (exact) mass is 202 g/mol. The van der Waals surface area contributed by atoms with Gasteiger partial charge in [-0.1, -0.05) is 18.2 Å². The topological polar surface area (TPSA) is 44.9 Å². The molecular formula is C12H14N2O. The number of fused-ring (bicyclic) bond motifs is 1. The van der Waals surface area contributed by atoms with Crippen molar-refractivity contribution in [2.45, 2.75) is 12.8 Å². The number of hydrogen-bond acceptors (Lipinski definition) is 1. The summed E-state index contributed by atoms with van der Waals surface area (Å²) in [4.78, 5) is 14.7. The summed E-state index contributed by atoms with van der Waals surface area (Å²) in [5.74, 6) is -0.0779. The molecule has 3 nitrogen and oxygen atoms in total. The van der Waals surface area contributed by atoms with Crippen molar-refractivity contribution in [2.24, 2.45) is 0 Å². The Labute approximate surface area is 88.5 Å². The number of benzene rings is 1. The predicted octanol–water partition coefficient (Wildman–Crippen LogP) is 2.02. The number of aromatic amines is 1. The first-order chi connectivity index (χ1) is 7.24. The molecule has 1 atom stereocenters. The van der Waals surface area contributed by atoms with Crippen molar-refractivity contribution >= 4 is 16.8 Å². The number of carbonyl (C=O) groups excluding carboxylic acids is 1. The number of likely N-dealkylation sites (N-methyl/N-ethyl adjacent to an activating group) is 1. The van der Waals surface area contributed by atoms with Gasteiger partial charge in [-0.25, -0.2) is 0 Å². The number of para-hydroxylation sites is 1. The molecule has 2 aromatic rings. The van der Waals surface area contributed by atoms with E-state index >= 15 is 0 Å². The first-order valence-electron chi connectivity index (χ1n) is 5.01. The van der Waals surface area contributed by atoms with E-state index in [9.17, 15) is 4.79 Å². The maximum absolute atomic E-state index is 11.5. The highest BCUT2D eigenvalue weighted by molar-refractivity contribution is 5.91. The van der Waals surface area contributed by atoms with Crippen LogP contribution < -0.4 is 5.32 Å². The van der Waals surface area contributed by atoms with Crippen molar-refractivity contribution < 1.29 is 4.79 Å². The lowest BCUT2D eigenvalue weighted by molar-refractivity contribution is -0.121. The van der Waals surface area contributed by atoms with E-state index in [4.69, 9.17) is 0 Å². The van der Waals surface area contributed by atoms with Gasteiger partial charge in [0.25, 0.3) is 0 Å². The average molecular weight is 202 g/mol. The number of nitrogens with one attached hydrogen (secondary N) is 2. The van der Waals surface area contributed by atoms with Crippen LogP contribution in [-0.4, -0.2) is 17.9 Å². The summed E-state index contributed by atoms with van der Waals surface area (Å²) in [5, 5.41) is 3.78. The standard InChI is InChI=1S/C12H14N2O/c1-8(12(15)13-2)10-7-14-11-6-4-3-5-9(10)11/h3-8,14H,1-2H3,(H,13,15). The van der Waals surface area contributed by atoms with Gasteiger partial charge in [-0.3, -0.25) is 4.79 Å². The van der Waals surface area contributed by atoms with Crippen LogP contribution in [0.2, 0.25) is 0 Å². The molecule has 2 N–H and O–H groups in total. The van der Waals surface area contributed by atoms with Crippen molar-refractivity contribution in [3.63, 3.8) is 0 Å². The van der Waals surface area contributed by atoms with E-state index in [2.05, 4.69) is 10.3 Å². The fraction of sp³-hybridized carbons (Fsp3) is 0.250. The van der Waals surface area contributed by atoms with E-state index in [0.29, 0.717) is 0 Å². The zero-order valence-electron chi connectivity index (χ0n) is 8.87. The third-order valence-corrected chi connectivity index (χ3v) is 2.73. The molecule has 0 spiro atoms. The van der Waals surface area contributed by atoms with Gasteiger partial charge in [0, 0.05) is 24.1 Å². The Morgan fingerprint density at radius 2 is 2.13 bits per heavy atom. The summed E-state index contributed by atoms with van der Waals surface area (Å²) in [6, 6.07) is 8.00. The van der Waals surface area contributed by atoms with Crippen LogP contribution in [0.1, 0.15) is 18.4 Å². The van der Waals surface area contributed by atoms with Gasteiger partial charge < -0.3 is 10.3 Å². The number of hydrogen-bond donors (Lipinski definition) is 2. The minimum Gasteiger partial charge on any atom is -0.361 e. The smallest absolute Gasteiger partial charge is 0.227 e. The van der Waals surface area contributed by atoms with Gasteiger partial charge in [0.1, 0.15) is 0 Å². The number of carbonyl (C=O) groups is 1. The molecule has 3 heteroatoms. The van der Waals surface area contributed by atoms with Crippen molar-refractivity contribution in [1.82, 2.24) is 10.3 Å². The molecule has 0 saturated heterocycles. The minimum absolute atomic E-state index is 0.0414. The van der Waals surface area contributed by atoms with Crippen LogP contribution in [0.25, 0.3) is 10.9 Å². The summed E-state index contributed by atoms with van der Waals surface area (Å²) in [5.41, 5.74) is 2.12. The maximum Gasteiger partial charge on any atom is 0.227 e. The van der Waals surface area contributed by atoms with Crippen molar-refractivity contribution in [2.75, 3.05) is 7.05 Å². The molecular weight excluding hydrogens is 188 g/mol. The average Bonchev–Trinajstić information content (AvgIpc) is 2.70. The minimum atomic E-state index is -0.119. The van der Waals surface area contributed by atoms with E-state index in [1.165, 1.54) is 0 Å². The summed E-state index contributed by atoms with van der Waals surface area (Å²) >= 11 is 0. The van der Waals surface area contributed by atoms with Crippen LogP contribution in [0.15, 0.2) is 30.5 Å². The predicted molar refractivity (Wildman–Crippen MR) is 60.8 cm³/mol. The molecule has 0 radical (unpaired) electrons. The lowest BCUT2D eigenvalue weighted by Gasteiger charge is -2.08. The molecule has 1 aromatic heterocycles. The Balaban J connectivity index is 2.48. The fourth-order valence-corrected chi connectivity index (χ4v) is 1.81. The Morgan fingerprint density at radius 1 is 1.40 bits per heavy atom. The van der Waals surface area contributed by atoms with Crippen LogP contribution >= 0.6 is 0 Å². The van der Waals surface area contributed by atoms with Crippen molar-refractivity contribution in [3.8, 4) is 0 Å². The quantitative estimate of drug-likeness (QED) is 0.768. The van der Waals surface area contributed by atoms with Crippen molar-refractivity contribution in [1.29, 1.82) is 0 Å². The highest BCUT2D eigenvalue weighted by Gasteiger charge is 2.16. The summed E-state index contributed by atoms with van der Waals surface area (Å²) in [7, 11) is 1.66. The molecule has 0 aliphatic heterocycles. The fourth-order valence-electron chi connectivity index (χ4n) is 1.81. The highest BCUT2D eigenvalue weighted by atomic mass is 16.1. The van der Waals surface area contributed by atoms with E-state index in [-0.39, 0.29) is 11.8 Å². The second kappa shape index (κ2) is 3.77. The summed E-state index contributed by atoms with van der Waals surface area (Å²) in [6.45, 7) is 1.91. The lowest BCUT2D eigenvalue weighted by Crippen LogP contribution is -2.23. The second-order valence-corrected chi connectivity index (χ2v) is 3.63. The van der Waals surface area contributed by atoms with E-state index in [1.54, 1.807) is 7.05 Å². The number of aromatic nitrogens is 1. The molecule has 0 bridgehead atoms. The largest absolute Gasteiger partial charge is 0.361 e. The summed E-state index contributed by atoms with van der Waals surface area (Å²) < 4.78 is 0. The Hall–Kier alpha value is -1.77. The van der Waals surface area contributed by atoms with E-state index < -0.39 is 0 Å². The molecule has 0 saturated carbocycles. The molecule has 15 heavy (non-hydrogen) atoms. The van der Waals surface area contributed by atoms with Gasteiger partial charge >= 0.3 is 0 Å². The number of rotatable bonds is 2. The van der Waals surface area contributed by atoms with Gasteiger partial charge in [0.2, 0.25) is 5.91 Å². The van der Waals surface area contributed by atoms with Gasteiger partial charge in [0.05, 0.1) is 5.92 Å². The van der Waals surface area contributed by atoms with Gasteiger partial charge in [0.15, 0.2) is 0 Å². The van der Waals surface area contributed by atoms with Gasteiger partial charge in [-0.2, -0.15) is 0 Å². The van der Waals surface area contributed by atoms with Gasteiger partial charge in [-0.05, 0) is 18.6 Å². The third kappa shape index (κ3) is 1.61. The second-order valence-electron chi connectivity index (χ2n) is 3.63. The Morgan fingerprint density at radius 3 is 2.87 bits per heavy atom. The normalized spacial score (nSPS) is 12.7. The molecule has 1 unspecified atom stereocenters. The van der Waals surface area contributed by atoms with Crippen LogP contribution in [-0.2, 0) is 4.79 Å². The zero-order valence-corrected chi connectivity index (χ0v) is 8.87. The molecule has 0 aliphatic rings. The molecule has 1 heterocycles. The van der Waals surface area contributed by atoms with Crippen LogP contribution in [0.4, 0.5) is 0 Å². The van der Waals surface area contributed by atoms with Crippen LogP contribution in [0, 0.1) is 0 Å². The molecule has 2 rings (SSSR count). The maximum atomic E-state index is 11.5. The van der Waals surface area contributed by atoms with Crippen LogP contribution in [0.5, 0.6) is 0 Å². The van der Waals surface area contributed by atoms with Crippen molar-refractivity contribution in [3.05, 3.63) is 36.0 Å². The molecule has 78 valence electrons. The highest BCUT2D eigenvalue weighted by Crippen LogP contribution is 2.25. The summed E-state index contributed by atoms with van der Waals surface area (Å²) in [6.07, 6.45) is 1.91. The first kappa shape index (κ1) is 9.77. The third-order valence-electron chi connectivity index (χ3n) is 2.73. The number of amides is 1. The number of H-pyrrole nitrogens is 1.